The zero-order chi connectivity index (χ0) is 16.2. The molecule has 7 heteroatoms. The minimum Gasteiger partial charge on any atom is -0.384 e. The van der Waals surface area contributed by atoms with Gasteiger partial charge in [-0.25, -0.2) is 0 Å². The molecule has 0 aromatic heterocycles. The average Bonchev–Trinajstić information content (AvgIpc) is 2.47. The Morgan fingerprint density at radius 1 is 1.18 bits per heavy atom. The van der Waals surface area contributed by atoms with E-state index in [0.29, 0.717) is 13.1 Å². The van der Waals surface area contributed by atoms with Crippen molar-refractivity contribution < 1.29 is 18.0 Å². The number of alkyl halides is 3. The van der Waals surface area contributed by atoms with E-state index in [1.165, 1.54) is 12.1 Å². The molecule has 1 amide bonds. The second-order valence-electron chi connectivity index (χ2n) is 5.40. The zero-order valence-electron chi connectivity index (χ0n) is 12.5. The number of anilines is 1. The first kappa shape index (κ1) is 16.6. The van der Waals surface area contributed by atoms with Crippen molar-refractivity contribution in [3.63, 3.8) is 0 Å². The van der Waals surface area contributed by atoms with Crippen molar-refractivity contribution >= 4 is 11.6 Å². The lowest BCUT2D eigenvalue weighted by molar-refractivity contribution is -0.137. The first-order valence-electron chi connectivity index (χ1n) is 7.24. The maximum absolute atomic E-state index is 12.8. The third-order valence-electron chi connectivity index (χ3n) is 3.74. The molecule has 1 heterocycles. The molecule has 0 aliphatic carbocycles. The third kappa shape index (κ3) is 4.37. The van der Waals surface area contributed by atoms with Crippen LogP contribution in [-0.4, -0.2) is 55.5 Å². The lowest BCUT2D eigenvalue weighted by atomic mass is 10.1. The Kier molecular flexibility index (Phi) is 5.28. The fourth-order valence-electron chi connectivity index (χ4n) is 2.40. The van der Waals surface area contributed by atoms with Crippen LogP contribution in [0, 0.1) is 0 Å². The number of rotatable bonds is 4. The van der Waals surface area contributed by atoms with Crippen LogP contribution >= 0.6 is 0 Å². The Morgan fingerprint density at radius 3 is 2.45 bits per heavy atom. The predicted octanol–water partition coefficient (Wildman–Crippen LogP) is 2.28. The summed E-state index contributed by atoms with van der Waals surface area (Å²) in [6, 6.07) is 5.30. The van der Waals surface area contributed by atoms with Crippen LogP contribution in [0.4, 0.5) is 18.9 Å². The molecule has 4 nitrogen and oxygen atoms in total. The number of carbonyl (C=O) groups excluding carboxylic acids is 1. The van der Waals surface area contributed by atoms with Crippen molar-refractivity contribution in [3.8, 4) is 0 Å². The molecule has 2 rings (SSSR count). The highest BCUT2D eigenvalue weighted by atomic mass is 19.4. The Balaban J connectivity index is 1.85. The van der Waals surface area contributed by atoms with Gasteiger partial charge < -0.3 is 15.1 Å². The summed E-state index contributed by atoms with van der Waals surface area (Å²) in [5, 5.41) is 2.72. The first-order valence-corrected chi connectivity index (χ1v) is 7.24. The number of hydrogen-bond donors (Lipinski definition) is 1. The van der Waals surface area contributed by atoms with Gasteiger partial charge in [-0.2, -0.15) is 13.2 Å². The lowest BCUT2D eigenvalue weighted by Crippen LogP contribution is -2.47. The Labute approximate surface area is 127 Å². The van der Waals surface area contributed by atoms with Gasteiger partial charge in [0.1, 0.15) is 0 Å². The normalized spacial score (nSPS) is 16.6. The lowest BCUT2D eigenvalue weighted by Gasteiger charge is -2.32. The minimum atomic E-state index is -4.40. The molecular formula is C15H20F3N3O. The summed E-state index contributed by atoms with van der Waals surface area (Å²) in [6.45, 7) is 3.20. The quantitative estimate of drug-likeness (QED) is 0.926. The average molecular weight is 315 g/mol. The van der Waals surface area contributed by atoms with E-state index >= 15 is 0 Å². The van der Waals surface area contributed by atoms with Gasteiger partial charge in [0.15, 0.2) is 0 Å². The van der Waals surface area contributed by atoms with E-state index in [1.807, 2.05) is 7.05 Å². The number of benzene rings is 1. The molecule has 22 heavy (non-hydrogen) atoms. The zero-order valence-corrected chi connectivity index (χ0v) is 12.5. The maximum Gasteiger partial charge on any atom is 0.418 e. The number of halogens is 3. The van der Waals surface area contributed by atoms with Crippen LogP contribution in [-0.2, 0) is 11.0 Å². The smallest absolute Gasteiger partial charge is 0.384 e. The Bertz CT molecular complexity index is 511. The Hall–Kier alpha value is -1.76. The van der Waals surface area contributed by atoms with Crippen LogP contribution in [0.25, 0.3) is 0 Å². The molecular weight excluding hydrogens is 295 g/mol. The topological polar surface area (TPSA) is 35.6 Å². The number of nitrogens with zero attached hydrogens (tertiary/aromatic N) is 2. The van der Waals surface area contributed by atoms with E-state index in [1.54, 1.807) is 11.0 Å². The minimum absolute atomic E-state index is 0.0150. The summed E-state index contributed by atoms with van der Waals surface area (Å²) in [4.78, 5) is 15.9. The number of hydrogen-bond acceptors (Lipinski definition) is 3. The summed E-state index contributed by atoms with van der Waals surface area (Å²) in [5.41, 5.74) is -0.691. The van der Waals surface area contributed by atoms with Gasteiger partial charge in [0.25, 0.3) is 0 Å². The monoisotopic (exact) mass is 315 g/mol. The summed E-state index contributed by atoms with van der Waals surface area (Å²) >= 11 is 0. The van der Waals surface area contributed by atoms with Crippen LogP contribution < -0.4 is 5.32 Å². The van der Waals surface area contributed by atoms with E-state index in [-0.39, 0.29) is 24.6 Å². The molecule has 1 aliphatic heterocycles. The summed E-state index contributed by atoms with van der Waals surface area (Å²) in [6.07, 6.45) is -4.21. The molecule has 1 saturated heterocycles. The van der Waals surface area contributed by atoms with Crippen molar-refractivity contribution in [2.45, 2.75) is 12.6 Å². The van der Waals surface area contributed by atoms with Crippen molar-refractivity contribution in [2.75, 3.05) is 45.1 Å². The second kappa shape index (κ2) is 7.00. The molecule has 1 aliphatic rings. The first-order chi connectivity index (χ1) is 10.4. The number of piperazine rings is 1. The molecule has 0 atom stereocenters. The van der Waals surface area contributed by atoms with Crippen molar-refractivity contribution in [2.24, 2.45) is 0 Å². The van der Waals surface area contributed by atoms with Gasteiger partial charge in [-0.3, -0.25) is 4.79 Å². The number of likely N-dealkylation sites (N-methyl/N-ethyl adjacent to an activating group) is 1. The number of para-hydroxylation sites is 1. The fraction of sp³-hybridized carbons (Fsp3) is 0.533. The molecule has 0 spiro atoms. The van der Waals surface area contributed by atoms with Gasteiger partial charge in [0.2, 0.25) is 5.91 Å². The van der Waals surface area contributed by atoms with E-state index < -0.39 is 11.7 Å². The molecule has 1 fully saturated rings. The molecule has 0 saturated carbocycles. The van der Waals surface area contributed by atoms with Crippen LogP contribution in [0.2, 0.25) is 0 Å². The molecule has 0 bridgehead atoms. The van der Waals surface area contributed by atoms with Crippen LogP contribution in [0.15, 0.2) is 24.3 Å². The molecule has 1 aromatic rings. The number of amides is 1. The highest BCUT2D eigenvalue weighted by Gasteiger charge is 2.33. The molecule has 0 radical (unpaired) electrons. The van der Waals surface area contributed by atoms with Crippen LogP contribution in [0.3, 0.4) is 0 Å². The summed E-state index contributed by atoms with van der Waals surface area (Å²) in [5.74, 6) is -0.0231. The van der Waals surface area contributed by atoms with E-state index in [4.69, 9.17) is 0 Å². The van der Waals surface area contributed by atoms with E-state index in [0.717, 1.165) is 19.2 Å². The predicted molar refractivity (Wildman–Crippen MR) is 78.6 cm³/mol. The number of nitrogens with one attached hydrogen (secondary N) is 1. The largest absolute Gasteiger partial charge is 0.418 e. The van der Waals surface area contributed by atoms with Crippen molar-refractivity contribution in [1.29, 1.82) is 0 Å². The fourth-order valence-corrected chi connectivity index (χ4v) is 2.40. The van der Waals surface area contributed by atoms with E-state index in [2.05, 4.69) is 10.2 Å². The van der Waals surface area contributed by atoms with E-state index in [9.17, 15) is 18.0 Å². The van der Waals surface area contributed by atoms with Crippen molar-refractivity contribution in [1.82, 2.24) is 9.80 Å². The van der Waals surface area contributed by atoms with Crippen molar-refractivity contribution in [3.05, 3.63) is 29.8 Å². The second-order valence-corrected chi connectivity index (χ2v) is 5.40. The molecule has 122 valence electrons. The van der Waals surface area contributed by atoms with Gasteiger partial charge in [-0.1, -0.05) is 12.1 Å². The summed E-state index contributed by atoms with van der Waals surface area (Å²) in [7, 11) is 2.00. The summed E-state index contributed by atoms with van der Waals surface area (Å²) < 4.78 is 38.5. The van der Waals surface area contributed by atoms with Gasteiger partial charge in [-0.15, -0.1) is 0 Å². The van der Waals surface area contributed by atoms with Gasteiger partial charge in [-0.05, 0) is 19.2 Å². The highest BCUT2D eigenvalue weighted by Crippen LogP contribution is 2.34. The third-order valence-corrected chi connectivity index (χ3v) is 3.74. The van der Waals surface area contributed by atoms with Crippen LogP contribution in [0.1, 0.15) is 12.0 Å². The van der Waals surface area contributed by atoms with Gasteiger partial charge >= 0.3 is 6.18 Å². The van der Waals surface area contributed by atoms with Gasteiger partial charge in [0, 0.05) is 44.8 Å². The van der Waals surface area contributed by atoms with Crippen LogP contribution in [0.5, 0.6) is 0 Å². The molecule has 1 aromatic carbocycles. The van der Waals surface area contributed by atoms with Gasteiger partial charge in [0.05, 0.1) is 5.56 Å². The standard InChI is InChI=1S/C15H20F3N3O/c1-20-8-10-21(11-9-20)14(22)6-7-19-13-5-3-2-4-12(13)15(16,17)18/h2-5,19H,6-11H2,1H3. The Morgan fingerprint density at radius 2 is 1.82 bits per heavy atom. The molecule has 1 N–H and O–H groups in total. The SMILES string of the molecule is CN1CCN(C(=O)CCNc2ccccc2C(F)(F)F)CC1. The maximum atomic E-state index is 12.8. The number of carbonyl (C=O) groups is 1. The molecule has 0 unspecified atom stereocenters. The highest BCUT2D eigenvalue weighted by molar-refractivity contribution is 5.77.